The van der Waals surface area contributed by atoms with Crippen molar-refractivity contribution in [1.29, 1.82) is 0 Å². The summed E-state index contributed by atoms with van der Waals surface area (Å²) in [6, 6.07) is 0. The van der Waals surface area contributed by atoms with Crippen LogP contribution in [0.25, 0.3) is 0 Å². The number of nitrogens with zero attached hydrogens (tertiary/aromatic N) is 1. The van der Waals surface area contributed by atoms with E-state index in [1.165, 1.54) is 0 Å². The number of halogens is 2. The van der Waals surface area contributed by atoms with Crippen molar-refractivity contribution in [2.24, 2.45) is 0 Å². The summed E-state index contributed by atoms with van der Waals surface area (Å²) < 4.78 is 0.393. The summed E-state index contributed by atoms with van der Waals surface area (Å²) in [5.74, 6) is -0.608. The van der Waals surface area contributed by atoms with Crippen molar-refractivity contribution in [3.63, 3.8) is 0 Å². The van der Waals surface area contributed by atoms with Gasteiger partial charge in [0.1, 0.15) is 3.92 Å². The van der Waals surface area contributed by atoms with Crippen LogP contribution in [-0.4, -0.2) is 20.2 Å². The van der Waals surface area contributed by atoms with E-state index in [1.54, 1.807) is 0 Å². The summed E-state index contributed by atoms with van der Waals surface area (Å²) in [7, 11) is 0. The maximum Gasteiger partial charge on any atom is 0.257 e. The average molecular weight is 259 g/mol. The van der Waals surface area contributed by atoms with Gasteiger partial charge in [0.2, 0.25) is 5.91 Å². The molecule has 0 aromatic rings. The zero-order valence-electron chi connectivity index (χ0n) is 4.30. The molecule has 1 atom stereocenters. The quantitative estimate of drug-likeness (QED) is 0.278. The van der Waals surface area contributed by atoms with Crippen LogP contribution in [0.5, 0.6) is 0 Å². The van der Waals surface area contributed by atoms with Gasteiger partial charge in [-0.2, -0.15) is 4.42 Å². The molecule has 0 aromatic carbocycles. The first-order chi connectivity index (χ1) is 4.13. The molecule has 3 nitrogen and oxygen atoms in total. The fraction of sp³-hybridized carbons (Fsp3) is 0.500. The second kappa shape index (κ2) is 2.42. The lowest BCUT2D eigenvalue weighted by Crippen LogP contribution is -2.20. The van der Waals surface area contributed by atoms with E-state index >= 15 is 0 Å². The molecule has 0 spiro atoms. The Morgan fingerprint density at radius 1 is 1.67 bits per heavy atom. The molecule has 1 aliphatic rings. The molecule has 1 unspecified atom stereocenters. The van der Waals surface area contributed by atoms with Crippen molar-refractivity contribution in [3.8, 4) is 0 Å². The Balaban J connectivity index is 2.77. The van der Waals surface area contributed by atoms with Crippen LogP contribution in [0.4, 0.5) is 0 Å². The van der Waals surface area contributed by atoms with E-state index in [9.17, 15) is 9.59 Å². The van der Waals surface area contributed by atoms with Crippen LogP contribution in [0.3, 0.4) is 0 Å². The van der Waals surface area contributed by atoms with Gasteiger partial charge in [0, 0.05) is 18.2 Å². The van der Waals surface area contributed by atoms with Crippen molar-refractivity contribution in [2.45, 2.75) is 10.3 Å². The maximum atomic E-state index is 10.7. The summed E-state index contributed by atoms with van der Waals surface area (Å²) in [6.45, 7) is 0. The number of carbonyl (C=O) groups is 2. The van der Waals surface area contributed by atoms with E-state index < -0.39 is 0 Å². The van der Waals surface area contributed by atoms with Crippen LogP contribution in [0.1, 0.15) is 6.42 Å². The molecule has 50 valence electrons. The number of amides is 2. The van der Waals surface area contributed by atoms with E-state index in [-0.39, 0.29) is 22.2 Å². The van der Waals surface area contributed by atoms with Gasteiger partial charge in [0.15, 0.2) is 0 Å². The van der Waals surface area contributed by atoms with E-state index in [1.807, 2.05) is 22.6 Å². The van der Waals surface area contributed by atoms with E-state index in [0.29, 0.717) is 4.42 Å². The van der Waals surface area contributed by atoms with Gasteiger partial charge in [-0.3, -0.25) is 9.59 Å². The van der Waals surface area contributed by atoms with Gasteiger partial charge in [0.25, 0.3) is 5.91 Å². The molecule has 1 fully saturated rings. The van der Waals surface area contributed by atoms with Crippen LogP contribution in [0.15, 0.2) is 0 Å². The van der Waals surface area contributed by atoms with Gasteiger partial charge < -0.3 is 0 Å². The molecular weight excluding hydrogens is 256 g/mol. The summed E-state index contributed by atoms with van der Waals surface area (Å²) in [4.78, 5) is 21.2. The lowest BCUT2D eigenvalue weighted by molar-refractivity contribution is -0.132. The summed E-state index contributed by atoms with van der Waals surface area (Å²) in [6.07, 6.45) is 0.239. The molecule has 1 rings (SSSR count). The lowest BCUT2D eigenvalue weighted by Gasteiger charge is -1.98. The van der Waals surface area contributed by atoms with Gasteiger partial charge in [-0.25, -0.2) is 0 Å². The van der Waals surface area contributed by atoms with Gasteiger partial charge in [-0.15, -0.1) is 0 Å². The number of alkyl halides is 1. The Labute approximate surface area is 70.6 Å². The normalized spacial score (nSPS) is 27.8. The Hall–Kier alpha value is 0.160. The number of hydrogen-bond acceptors (Lipinski definition) is 2. The highest BCUT2D eigenvalue weighted by atomic mass is 127. The minimum atomic E-state index is -0.305. The maximum absolute atomic E-state index is 10.7. The predicted molar refractivity (Wildman–Crippen MR) is 40.1 cm³/mol. The number of imide groups is 1. The first kappa shape index (κ1) is 7.27. The summed E-state index contributed by atoms with van der Waals surface area (Å²) in [5.41, 5.74) is 0. The third-order valence-corrected chi connectivity index (χ3v) is 2.36. The molecule has 9 heavy (non-hydrogen) atoms. The smallest absolute Gasteiger partial charge is 0.257 e. The predicted octanol–water partition coefficient (Wildman–Crippen LogP) is 0.703. The van der Waals surface area contributed by atoms with E-state index in [4.69, 9.17) is 11.8 Å². The molecule has 1 heterocycles. The molecule has 0 bridgehead atoms. The van der Waals surface area contributed by atoms with Crippen molar-refractivity contribution < 1.29 is 9.59 Å². The van der Waals surface area contributed by atoms with Crippen molar-refractivity contribution in [3.05, 3.63) is 0 Å². The van der Waals surface area contributed by atoms with Crippen LogP contribution >= 0.6 is 34.4 Å². The van der Waals surface area contributed by atoms with Gasteiger partial charge >= 0.3 is 0 Å². The average Bonchev–Trinajstić information content (AvgIpc) is 1.98. The van der Waals surface area contributed by atoms with Crippen LogP contribution in [0, 0.1) is 0 Å². The van der Waals surface area contributed by atoms with E-state index in [2.05, 4.69) is 0 Å². The molecule has 1 aliphatic heterocycles. The van der Waals surface area contributed by atoms with Gasteiger partial charge in [-0.05, 0) is 0 Å². The van der Waals surface area contributed by atoms with Crippen LogP contribution < -0.4 is 0 Å². The second-order valence-electron chi connectivity index (χ2n) is 1.68. The van der Waals surface area contributed by atoms with Crippen molar-refractivity contribution in [1.82, 2.24) is 4.42 Å². The highest BCUT2D eigenvalue weighted by Crippen LogP contribution is 2.21. The lowest BCUT2D eigenvalue weighted by atomic mass is 10.4. The highest BCUT2D eigenvalue weighted by molar-refractivity contribution is 14.1. The Morgan fingerprint density at radius 3 is 2.33 bits per heavy atom. The first-order valence-corrected chi connectivity index (χ1v) is 3.88. The zero-order valence-corrected chi connectivity index (χ0v) is 7.22. The van der Waals surface area contributed by atoms with Crippen LogP contribution in [-0.2, 0) is 9.59 Å². The molecule has 0 radical (unpaired) electrons. The first-order valence-electron chi connectivity index (χ1n) is 2.29. The molecule has 2 amide bonds. The molecular formula is C4H3ClINO2. The van der Waals surface area contributed by atoms with Crippen LogP contribution in [0.2, 0.25) is 0 Å². The van der Waals surface area contributed by atoms with Crippen molar-refractivity contribution >= 4 is 46.2 Å². The van der Waals surface area contributed by atoms with E-state index in [0.717, 1.165) is 0 Å². The number of rotatable bonds is 0. The second-order valence-corrected chi connectivity index (χ2v) is 3.53. The molecule has 0 N–H and O–H groups in total. The SMILES string of the molecule is O=C1CC(I)C(=O)N1Cl. The van der Waals surface area contributed by atoms with Gasteiger partial charge in [0.05, 0.1) is 0 Å². The molecule has 5 heteroatoms. The summed E-state index contributed by atoms with van der Waals surface area (Å²) >= 11 is 7.13. The molecule has 0 saturated carbocycles. The Bertz CT molecular complexity index is 172. The fourth-order valence-electron chi connectivity index (χ4n) is 0.567. The number of hydrogen-bond donors (Lipinski definition) is 0. The third kappa shape index (κ3) is 1.19. The number of carbonyl (C=O) groups excluding carboxylic acids is 2. The van der Waals surface area contributed by atoms with Crippen molar-refractivity contribution in [2.75, 3.05) is 0 Å². The van der Waals surface area contributed by atoms with Gasteiger partial charge in [-0.1, -0.05) is 22.6 Å². The monoisotopic (exact) mass is 259 g/mol. The largest absolute Gasteiger partial charge is 0.273 e. The summed E-state index contributed by atoms with van der Waals surface area (Å²) in [5, 5.41) is 0. The minimum Gasteiger partial charge on any atom is -0.273 e. The Morgan fingerprint density at radius 2 is 2.22 bits per heavy atom. The zero-order chi connectivity index (χ0) is 7.02. The third-order valence-electron chi connectivity index (χ3n) is 1.03. The highest BCUT2D eigenvalue weighted by Gasteiger charge is 2.35. The fourth-order valence-corrected chi connectivity index (χ4v) is 1.57. The molecule has 0 aliphatic carbocycles. The molecule has 0 aromatic heterocycles. The minimum absolute atomic E-state index is 0.239. The molecule has 1 saturated heterocycles. The Kier molecular flexibility index (Phi) is 1.95. The topological polar surface area (TPSA) is 37.4 Å². The standard InChI is InChI=1S/C4H3ClINO2/c5-7-3(8)1-2(6)4(7)9/h2H,1H2.